The highest BCUT2D eigenvalue weighted by Gasteiger charge is 2.21. The summed E-state index contributed by atoms with van der Waals surface area (Å²) in [6.45, 7) is 1.95. The predicted octanol–water partition coefficient (Wildman–Crippen LogP) is 3.88. The number of anilines is 1. The second kappa shape index (κ2) is 7.54. The van der Waals surface area contributed by atoms with Gasteiger partial charge in [0, 0.05) is 9.26 Å². The summed E-state index contributed by atoms with van der Waals surface area (Å²) >= 11 is 2.23. The van der Waals surface area contributed by atoms with Crippen LogP contribution < -0.4 is 19.5 Å². The van der Waals surface area contributed by atoms with Gasteiger partial charge in [0.15, 0.2) is 11.5 Å². The summed E-state index contributed by atoms with van der Waals surface area (Å²) in [5.41, 5.74) is 2.13. The number of hydrogen-bond acceptors (Lipinski definition) is 4. The molecule has 1 N–H and O–H groups in total. The van der Waals surface area contributed by atoms with Crippen LogP contribution in [0.25, 0.3) is 0 Å². The van der Waals surface area contributed by atoms with Crippen molar-refractivity contribution in [3.05, 3.63) is 45.0 Å². The molecule has 0 spiro atoms. The summed E-state index contributed by atoms with van der Waals surface area (Å²) in [6, 6.07) is 9.15. The molecule has 5 nitrogen and oxygen atoms in total. The van der Waals surface area contributed by atoms with Crippen molar-refractivity contribution >= 4 is 34.2 Å². The van der Waals surface area contributed by atoms with Crippen LogP contribution in [0.1, 0.15) is 15.9 Å². The van der Waals surface area contributed by atoms with E-state index in [4.69, 9.17) is 14.2 Å². The molecule has 2 aromatic carbocycles. The molecule has 0 saturated carbocycles. The molecule has 0 saturated heterocycles. The first kappa shape index (κ1) is 17.4. The van der Waals surface area contributed by atoms with E-state index >= 15 is 0 Å². The number of aryl methyl sites for hydroxylation is 1. The monoisotopic (exact) mass is 427 g/mol. The Morgan fingerprint density at radius 1 is 1.00 bits per heavy atom. The number of hydrogen-bond donors (Lipinski definition) is 1. The third kappa shape index (κ3) is 3.69. The lowest BCUT2D eigenvalue weighted by molar-refractivity contribution is 0.102. The zero-order chi connectivity index (χ0) is 17.0. The molecule has 122 valence electrons. The topological polar surface area (TPSA) is 56.8 Å². The van der Waals surface area contributed by atoms with Crippen molar-refractivity contribution in [2.24, 2.45) is 0 Å². The first-order valence-electron chi connectivity index (χ1n) is 6.88. The quantitative estimate of drug-likeness (QED) is 0.737. The van der Waals surface area contributed by atoms with Crippen LogP contribution in [0.15, 0.2) is 30.3 Å². The van der Waals surface area contributed by atoms with Gasteiger partial charge in [-0.3, -0.25) is 4.79 Å². The molecule has 0 bridgehead atoms. The average molecular weight is 427 g/mol. The lowest BCUT2D eigenvalue weighted by Gasteiger charge is -2.16. The average Bonchev–Trinajstić information content (AvgIpc) is 2.55. The Morgan fingerprint density at radius 2 is 1.70 bits per heavy atom. The number of benzene rings is 2. The summed E-state index contributed by atoms with van der Waals surface area (Å²) in [7, 11) is 4.53. The molecule has 6 heteroatoms. The van der Waals surface area contributed by atoms with E-state index < -0.39 is 0 Å². The van der Waals surface area contributed by atoms with E-state index in [1.165, 1.54) is 21.3 Å². The van der Waals surface area contributed by atoms with Gasteiger partial charge in [-0.25, -0.2) is 0 Å². The molecule has 0 unspecified atom stereocenters. The highest BCUT2D eigenvalue weighted by molar-refractivity contribution is 14.1. The lowest BCUT2D eigenvalue weighted by Crippen LogP contribution is -2.14. The van der Waals surface area contributed by atoms with Gasteiger partial charge in [-0.05, 0) is 65.4 Å². The van der Waals surface area contributed by atoms with Crippen molar-refractivity contribution in [1.29, 1.82) is 0 Å². The van der Waals surface area contributed by atoms with Gasteiger partial charge in [-0.1, -0.05) is 0 Å². The van der Waals surface area contributed by atoms with Crippen LogP contribution in [0.2, 0.25) is 0 Å². The van der Waals surface area contributed by atoms with Crippen LogP contribution in [0.4, 0.5) is 5.69 Å². The fraction of sp³-hybridized carbons (Fsp3) is 0.235. The number of nitrogens with one attached hydrogen (secondary N) is 1. The van der Waals surface area contributed by atoms with E-state index in [-0.39, 0.29) is 5.91 Å². The molecule has 0 aliphatic rings. The summed E-state index contributed by atoms with van der Waals surface area (Å²) in [5.74, 6) is 0.966. The summed E-state index contributed by atoms with van der Waals surface area (Å²) in [5, 5.41) is 2.90. The first-order valence-corrected chi connectivity index (χ1v) is 7.96. The molecule has 0 heterocycles. The summed E-state index contributed by atoms with van der Waals surface area (Å²) < 4.78 is 17.0. The number of carbonyl (C=O) groups excluding carboxylic acids is 1. The van der Waals surface area contributed by atoms with Crippen molar-refractivity contribution < 1.29 is 19.0 Å². The normalized spacial score (nSPS) is 10.1. The third-order valence-corrected chi connectivity index (χ3v) is 4.06. The summed E-state index contributed by atoms with van der Waals surface area (Å²) in [4.78, 5) is 12.6. The molecule has 0 radical (unpaired) electrons. The van der Waals surface area contributed by atoms with E-state index in [1.54, 1.807) is 12.1 Å². The largest absolute Gasteiger partial charge is 0.493 e. The standard InChI is InChI=1S/C17H18INO4/c1-10-9-11(18)5-7-13(10)19-17(20)12-6-8-14(21-2)16(23-4)15(12)22-3/h5-9H,1-4H3,(H,19,20). The van der Waals surface area contributed by atoms with E-state index in [2.05, 4.69) is 27.9 Å². The van der Waals surface area contributed by atoms with E-state index in [1.807, 2.05) is 25.1 Å². The Bertz CT molecular complexity index is 731. The number of halogens is 1. The maximum Gasteiger partial charge on any atom is 0.259 e. The van der Waals surface area contributed by atoms with Crippen LogP contribution in [0.5, 0.6) is 17.2 Å². The summed E-state index contributed by atoms with van der Waals surface area (Å²) in [6.07, 6.45) is 0. The first-order chi connectivity index (χ1) is 11.0. The Morgan fingerprint density at radius 3 is 2.26 bits per heavy atom. The van der Waals surface area contributed by atoms with Gasteiger partial charge in [0.05, 0.1) is 26.9 Å². The highest BCUT2D eigenvalue weighted by Crippen LogP contribution is 2.40. The number of ether oxygens (including phenoxy) is 3. The minimum atomic E-state index is -0.271. The zero-order valence-electron chi connectivity index (χ0n) is 13.4. The predicted molar refractivity (Wildman–Crippen MR) is 97.9 cm³/mol. The van der Waals surface area contributed by atoms with E-state index in [9.17, 15) is 4.79 Å². The number of methoxy groups -OCH3 is 3. The molecular weight excluding hydrogens is 409 g/mol. The second-order valence-corrected chi connectivity index (χ2v) is 6.04. The number of rotatable bonds is 5. The molecule has 1 amide bonds. The Labute approximate surface area is 149 Å². The number of carbonyl (C=O) groups is 1. The van der Waals surface area contributed by atoms with Gasteiger partial charge in [0.25, 0.3) is 5.91 Å². The van der Waals surface area contributed by atoms with Crippen LogP contribution in [0, 0.1) is 10.5 Å². The minimum absolute atomic E-state index is 0.271. The van der Waals surface area contributed by atoms with Crippen molar-refractivity contribution in [2.45, 2.75) is 6.92 Å². The molecular formula is C17H18INO4. The Kier molecular flexibility index (Phi) is 5.70. The van der Waals surface area contributed by atoms with Crippen molar-refractivity contribution in [3.8, 4) is 17.2 Å². The molecule has 2 aromatic rings. The fourth-order valence-corrected chi connectivity index (χ4v) is 2.88. The molecule has 0 fully saturated rings. The minimum Gasteiger partial charge on any atom is -0.493 e. The van der Waals surface area contributed by atoms with Crippen LogP contribution in [-0.2, 0) is 0 Å². The zero-order valence-corrected chi connectivity index (χ0v) is 15.6. The molecule has 0 aliphatic carbocycles. The van der Waals surface area contributed by atoms with Gasteiger partial charge in [0.1, 0.15) is 0 Å². The van der Waals surface area contributed by atoms with E-state index in [0.29, 0.717) is 22.8 Å². The molecule has 2 rings (SSSR count). The molecule has 23 heavy (non-hydrogen) atoms. The SMILES string of the molecule is COc1ccc(C(=O)Nc2ccc(I)cc2C)c(OC)c1OC. The molecule has 0 aromatic heterocycles. The Balaban J connectivity index is 2.39. The van der Waals surface area contributed by atoms with Crippen LogP contribution >= 0.6 is 22.6 Å². The maximum atomic E-state index is 12.6. The Hall–Kier alpha value is -1.96. The second-order valence-electron chi connectivity index (χ2n) is 4.80. The molecule has 0 atom stereocenters. The van der Waals surface area contributed by atoms with E-state index in [0.717, 1.165) is 14.8 Å². The molecule has 0 aliphatic heterocycles. The van der Waals surface area contributed by atoms with Gasteiger partial charge in [0.2, 0.25) is 5.75 Å². The van der Waals surface area contributed by atoms with Crippen LogP contribution in [0.3, 0.4) is 0 Å². The smallest absolute Gasteiger partial charge is 0.259 e. The van der Waals surface area contributed by atoms with Gasteiger partial charge < -0.3 is 19.5 Å². The van der Waals surface area contributed by atoms with Crippen molar-refractivity contribution in [2.75, 3.05) is 26.6 Å². The number of amides is 1. The van der Waals surface area contributed by atoms with Gasteiger partial charge >= 0.3 is 0 Å². The highest BCUT2D eigenvalue weighted by atomic mass is 127. The van der Waals surface area contributed by atoms with Crippen molar-refractivity contribution in [3.63, 3.8) is 0 Å². The van der Waals surface area contributed by atoms with Gasteiger partial charge in [-0.15, -0.1) is 0 Å². The van der Waals surface area contributed by atoms with Crippen LogP contribution in [-0.4, -0.2) is 27.2 Å². The third-order valence-electron chi connectivity index (χ3n) is 3.39. The van der Waals surface area contributed by atoms with Crippen molar-refractivity contribution in [1.82, 2.24) is 0 Å². The lowest BCUT2D eigenvalue weighted by atomic mass is 10.1. The maximum absolute atomic E-state index is 12.6. The van der Waals surface area contributed by atoms with Gasteiger partial charge in [-0.2, -0.15) is 0 Å². The fourth-order valence-electron chi connectivity index (χ4n) is 2.24.